The van der Waals surface area contributed by atoms with Gasteiger partial charge in [-0.3, -0.25) is 0 Å². The van der Waals surface area contributed by atoms with Crippen molar-refractivity contribution in [3.05, 3.63) is 570 Å². The molecule has 624 valence electrons. The van der Waals surface area contributed by atoms with E-state index in [9.17, 15) is 0 Å². The number of hydrogen-bond acceptors (Lipinski definition) is 2. The minimum absolute atomic E-state index is 1.04. The van der Waals surface area contributed by atoms with Gasteiger partial charge in [0.05, 0.1) is 11.4 Å². The average molecular weight is 1750 g/mol. The molecule has 0 N–H and O–H groups in total. The minimum Gasteiger partial charge on any atom is -0.310 e. The van der Waals surface area contributed by atoms with Crippen LogP contribution in [0.3, 0.4) is 0 Å². The molecule has 22 aromatic rings. The first-order valence-corrected chi connectivity index (χ1v) is 53.8. The van der Waals surface area contributed by atoms with Gasteiger partial charge >= 0.3 is 0 Å². The molecule has 0 aliphatic heterocycles. The summed E-state index contributed by atoms with van der Waals surface area (Å²) in [5.41, 5.74) is 10.9. The van der Waals surface area contributed by atoms with Crippen LogP contribution in [0, 0.1) is 0 Å². The van der Waals surface area contributed by atoms with Crippen molar-refractivity contribution in [3.63, 3.8) is 0 Å². The topological polar surface area (TPSA) is 6.48 Å². The van der Waals surface area contributed by atoms with Crippen molar-refractivity contribution >= 4 is 182 Å². The Morgan fingerprint density at radius 3 is 0.485 bits per heavy atom. The molecule has 0 radical (unpaired) electrons. The summed E-state index contributed by atoms with van der Waals surface area (Å²) in [5, 5.41) is 28.2. The highest BCUT2D eigenvalue weighted by Crippen LogP contribution is 2.48. The fourth-order valence-electron chi connectivity index (χ4n) is 21.6. The Hall–Kier alpha value is -15.9. The third-order valence-corrected chi connectivity index (χ3v) is 46.6. The maximum absolute atomic E-state index is 2.95. The van der Waals surface area contributed by atoms with Crippen LogP contribution >= 0.6 is 0 Å². The molecule has 0 spiro atoms. The van der Waals surface area contributed by atoms with Crippen LogP contribution in [0.5, 0.6) is 0 Å². The van der Waals surface area contributed by atoms with E-state index in [0.717, 1.165) is 77.6 Å². The van der Waals surface area contributed by atoms with Gasteiger partial charge in [-0.1, -0.05) is 510 Å². The molecule has 0 atom stereocenters. The Kier molecular flexibility index (Phi) is 22.3. The molecule has 22 aromatic carbocycles. The highest BCUT2D eigenvalue weighted by Gasteiger charge is 2.46. The molecule has 6 heteroatoms. The Labute approximate surface area is 778 Å². The Balaban J connectivity index is 0.738. The van der Waals surface area contributed by atoms with Gasteiger partial charge in [-0.05, 0) is 187 Å². The van der Waals surface area contributed by atoms with Gasteiger partial charge in [0.1, 0.15) is 0 Å². The first-order chi connectivity index (χ1) is 65.5. The van der Waals surface area contributed by atoms with Gasteiger partial charge in [0, 0.05) is 33.5 Å². The van der Waals surface area contributed by atoms with Gasteiger partial charge in [0.15, 0.2) is 32.3 Å². The van der Waals surface area contributed by atoms with Crippen molar-refractivity contribution in [1.82, 2.24) is 0 Å². The van der Waals surface area contributed by atoms with E-state index in [2.05, 4.69) is 580 Å². The molecule has 0 saturated heterocycles. The van der Waals surface area contributed by atoms with Crippen LogP contribution in [0.4, 0.5) is 34.1 Å². The molecule has 0 fully saturated rings. The smallest absolute Gasteiger partial charge is 0.179 e. The summed E-state index contributed by atoms with van der Waals surface area (Å²) < 4.78 is 0. The number of rotatable bonds is 24. The van der Waals surface area contributed by atoms with Crippen LogP contribution in [-0.4, -0.2) is 32.3 Å². The molecule has 0 saturated carbocycles. The lowest BCUT2D eigenvalue weighted by molar-refractivity contribution is 1.30. The van der Waals surface area contributed by atoms with Gasteiger partial charge < -0.3 is 9.80 Å². The fourth-order valence-corrected chi connectivity index (χ4v) is 40.7. The summed E-state index contributed by atoms with van der Waals surface area (Å²) in [6.07, 6.45) is 0. The number of nitrogens with zero attached hydrogens (tertiary/aromatic N) is 2. The molecule has 0 aliphatic carbocycles. The van der Waals surface area contributed by atoms with E-state index in [1.807, 2.05) is 0 Å². The van der Waals surface area contributed by atoms with Crippen molar-refractivity contribution in [2.24, 2.45) is 0 Å². The van der Waals surface area contributed by atoms with Crippen molar-refractivity contribution in [3.8, 4) is 22.3 Å². The van der Waals surface area contributed by atoms with E-state index in [-0.39, 0.29) is 0 Å². The van der Waals surface area contributed by atoms with Crippen molar-refractivity contribution in [2.45, 2.75) is 0 Å². The summed E-state index contributed by atoms with van der Waals surface area (Å²) in [7, 11) is -11.6. The largest absolute Gasteiger partial charge is 0.310 e. The minimum atomic E-state index is -2.95. The Morgan fingerprint density at radius 1 is 0.106 bits per heavy atom. The van der Waals surface area contributed by atoms with Crippen LogP contribution in [0.1, 0.15) is 0 Å². The van der Waals surface area contributed by atoms with Crippen LogP contribution in [-0.2, 0) is 0 Å². The molecule has 0 amide bonds. The van der Waals surface area contributed by atoms with Crippen LogP contribution in [0.15, 0.2) is 570 Å². The summed E-state index contributed by atoms with van der Waals surface area (Å²) in [6, 6.07) is 216. The zero-order chi connectivity index (χ0) is 88.1. The molecule has 132 heavy (non-hydrogen) atoms. The van der Waals surface area contributed by atoms with E-state index < -0.39 is 32.3 Å². The summed E-state index contributed by atoms with van der Waals surface area (Å²) in [6.45, 7) is 0. The molecule has 0 unspecified atom stereocenters. The fraction of sp³-hybridized carbons (Fsp3) is 0. The van der Waals surface area contributed by atoms with Crippen LogP contribution < -0.4 is 92.8 Å². The van der Waals surface area contributed by atoms with Gasteiger partial charge in [0.2, 0.25) is 0 Å². The first-order valence-electron chi connectivity index (χ1n) is 45.8. The third-order valence-electron chi connectivity index (χ3n) is 27.4. The second-order valence-electron chi connectivity index (χ2n) is 34.4. The maximum atomic E-state index is 2.53. The average Bonchev–Trinajstić information content (AvgIpc) is 0.732. The van der Waals surface area contributed by atoms with E-state index >= 15 is 0 Å². The maximum Gasteiger partial charge on any atom is 0.179 e. The predicted octanol–water partition coefficient (Wildman–Crippen LogP) is 20.9. The Bertz CT molecular complexity index is 6880. The standard InChI is InChI=1S/C126H94N2Si4/c1-13-45-103(46-14-1)129(104-47-15-2-16-48-104,105-49-17-3-18-50-105)115-87-83-101(84-88-115)127(99-79-75-95(76-80-99)97-43-41-69-117(91-97)131(109-57-25-7-26-58-109,110-59-27-8-28-60-110)111-61-29-9-30-62-111)125-93-123-120-72-38-40-74-122(120)126(94-124(123)119-71-37-39-73-121(119)125)128(102-85-89-116(90-86-102)130(106-51-19-4-20-52-106,107-53-21-5-22-54-107)108-55-23-6-24-56-108)100-81-77-96(78-82-100)98-44-42-70-118(92-98)132(112-63-31-10-32-64-112,113-65-33-11-34-66-113)114-67-35-12-36-68-114/h1-94H. The van der Waals surface area contributed by atoms with Crippen LogP contribution in [0.2, 0.25) is 0 Å². The first kappa shape index (κ1) is 81.8. The van der Waals surface area contributed by atoms with Gasteiger partial charge in [0.25, 0.3) is 0 Å². The highest BCUT2D eigenvalue weighted by atomic mass is 28.3. The van der Waals surface area contributed by atoms with Crippen molar-refractivity contribution in [2.75, 3.05) is 9.80 Å². The van der Waals surface area contributed by atoms with Gasteiger partial charge in [-0.15, -0.1) is 0 Å². The molecule has 0 aromatic heterocycles. The van der Waals surface area contributed by atoms with E-state index in [1.54, 1.807) is 0 Å². The molecule has 2 nitrogen and oxygen atoms in total. The number of hydrogen-bond donors (Lipinski definition) is 0. The third kappa shape index (κ3) is 14.4. The summed E-state index contributed by atoms with van der Waals surface area (Å²) >= 11 is 0. The van der Waals surface area contributed by atoms with E-state index in [4.69, 9.17) is 0 Å². The van der Waals surface area contributed by atoms with Crippen molar-refractivity contribution < 1.29 is 0 Å². The molecule has 22 rings (SSSR count). The number of anilines is 6. The second-order valence-corrected chi connectivity index (χ2v) is 49.6. The molecular formula is C126H94N2Si4. The zero-order valence-corrected chi connectivity index (χ0v) is 77.2. The molecular weight excluding hydrogens is 1650 g/mol. The second kappa shape index (κ2) is 36.0. The lowest BCUT2D eigenvalue weighted by atomic mass is 9.93. The zero-order valence-electron chi connectivity index (χ0n) is 73.2. The SMILES string of the molecule is c1ccc([Si](c2ccccc2)(c2ccccc2)c2ccc(N(c3ccc(-c4cccc([Si](c5ccccc5)(c5ccccc5)c5ccccc5)c4)cc3)c3cc4c5ccccc5c(N(c5ccc(-c6cccc([Si](c7ccccc7)(c7ccccc7)c7ccccc7)c6)cc5)c5ccc([Si](c6ccccc6)(c6ccccc6)c6ccccc6)cc5)cc4c4ccccc34)cc2)cc1. The van der Waals surface area contributed by atoms with Gasteiger partial charge in [-0.25, -0.2) is 0 Å². The summed E-state index contributed by atoms with van der Waals surface area (Å²) in [4.78, 5) is 5.07. The molecule has 0 bridgehead atoms. The highest BCUT2D eigenvalue weighted by molar-refractivity contribution is 7.22. The normalized spacial score (nSPS) is 11.8. The lowest BCUT2D eigenvalue weighted by Gasteiger charge is -2.35. The molecule has 0 heterocycles. The monoisotopic (exact) mass is 1750 g/mol. The van der Waals surface area contributed by atoms with Crippen LogP contribution in [0.25, 0.3) is 54.6 Å². The Morgan fingerprint density at radius 2 is 0.273 bits per heavy atom. The lowest BCUT2D eigenvalue weighted by Crippen LogP contribution is -2.74. The summed E-state index contributed by atoms with van der Waals surface area (Å²) in [5.74, 6) is 0. The van der Waals surface area contributed by atoms with Crippen molar-refractivity contribution in [1.29, 1.82) is 0 Å². The van der Waals surface area contributed by atoms with E-state index in [1.165, 1.54) is 94.1 Å². The van der Waals surface area contributed by atoms with Gasteiger partial charge in [-0.2, -0.15) is 0 Å². The van der Waals surface area contributed by atoms with E-state index in [0.29, 0.717) is 0 Å². The number of fused-ring (bicyclic) bond motifs is 5. The quantitative estimate of drug-likeness (QED) is 0.0338. The number of benzene rings is 22. The molecule has 0 aliphatic rings. The predicted molar refractivity (Wildman–Crippen MR) is 574 cm³/mol.